The van der Waals surface area contributed by atoms with Crippen LogP contribution in [0.3, 0.4) is 0 Å². The number of hydrogen-bond acceptors (Lipinski definition) is 2. The molecule has 0 saturated heterocycles. The molecule has 1 aromatic heterocycles. The molecule has 0 aliphatic heterocycles. The molecule has 0 unspecified atom stereocenters. The Morgan fingerprint density at radius 1 is 1.27 bits per heavy atom. The second-order valence-electron chi connectivity index (χ2n) is 2.08. The minimum atomic E-state index is 0. The van der Waals surface area contributed by atoms with E-state index < -0.39 is 0 Å². The van der Waals surface area contributed by atoms with Crippen molar-refractivity contribution in [2.45, 2.75) is 5.16 Å². The predicted molar refractivity (Wildman–Crippen MR) is 51.9 cm³/mol. The number of fused-ring (bicyclic) bond motifs is 1. The SMILES string of the molecule is Sc1nc2ccccc2[nH]1.[SeH2]. The van der Waals surface area contributed by atoms with Crippen LogP contribution in [0.2, 0.25) is 0 Å². The Hall–Kier alpha value is -0.441. The average molecular weight is 231 g/mol. The molecule has 0 saturated carbocycles. The maximum atomic E-state index is 4.12. The monoisotopic (exact) mass is 232 g/mol. The van der Waals surface area contributed by atoms with Gasteiger partial charge in [0.15, 0.2) is 5.16 Å². The van der Waals surface area contributed by atoms with Crippen molar-refractivity contribution in [3.63, 3.8) is 0 Å². The van der Waals surface area contributed by atoms with Crippen LogP contribution in [0.1, 0.15) is 0 Å². The van der Waals surface area contributed by atoms with Gasteiger partial charge in [-0.2, -0.15) is 0 Å². The molecule has 0 amide bonds. The van der Waals surface area contributed by atoms with E-state index in [4.69, 9.17) is 0 Å². The van der Waals surface area contributed by atoms with Crippen LogP contribution >= 0.6 is 12.6 Å². The van der Waals surface area contributed by atoms with E-state index in [0.29, 0.717) is 5.16 Å². The summed E-state index contributed by atoms with van der Waals surface area (Å²) in [7, 11) is 0. The summed E-state index contributed by atoms with van der Waals surface area (Å²) in [5, 5.41) is 0.668. The molecule has 0 atom stereocenters. The Bertz CT molecular complexity index is 325. The molecule has 2 aromatic rings. The van der Waals surface area contributed by atoms with Crippen LogP contribution in [0.5, 0.6) is 0 Å². The molecule has 0 radical (unpaired) electrons. The number of H-pyrrole nitrogens is 1. The first kappa shape index (κ1) is 8.65. The van der Waals surface area contributed by atoms with Crippen LogP contribution in [0, 0.1) is 0 Å². The molecule has 0 aliphatic carbocycles. The molecular weight excluding hydrogens is 223 g/mol. The van der Waals surface area contributed by atoms with E-state index in [1.165, 1.54) is 0 Å². The van der Waals surface area contributed by atoms with Crippen molar-refractivity contribution in [3.05, 3.63) is 24.3 Å². The molecule has 2 nitrogen and oxygen atoms in total. The zero-order chi connectivity index (χ0) is 6.97. The number of thiol groups is 1. The zero-order valence-corrected chi connectivity index (χ0v) is 8.70. The van der Waals surface area contributed by atoms with Crippen LogP contribution in [-0.2, 0) is 0 Å². The van der Waals surface area contributed by atoms with Gasteiger partial charge in [-0.25, -0.2) is 4.98 Å². The number of aromatic nitrogens is 2. The topological polar surface area (TPSA) is 28.7 Å². The van der Waals surface area contributed by atoms with Crippen molar-refractivity contribution in [1.82, 2.24) is 9.97 Å². The summed E-state index contributed by atoms with van der Waals surface area (Å²) in [6, 6.07) is 7.84. The third-order valence-electron chi connectivity index (χ3n) is 1.38. The van der Waals surface area contributed by atoms with Crippen molar-refractivity contribution in [2.75, 3.05) is 0 Å². The van der Waals surface area contributed by atoms with Gasteiger partial charge in [-0.3, -0.25) is 0 Å². The standard InChI is InChI=1S/C7H6N2S.H2Se/c10-7-8-5-3-1-2-4-6(5)9-7;/h1-4H,(H2,8,9,10);1H2. The summed E-state index contributed by atoms with van der Waals surface area (Å²) in [6.07, 6.45) is 0. The maximum absolute atomic E-state index is 4.12. The molecule has 1 N–H and O–H groups in total. The summed E-state index contributed by atoms with van der Waals surface area (Å²) < 4.78 is 0. The van der Waals surface area contributed by atoms with Crippen LogP contribution in [0.25, 0.3) is 11.0 Å². The zero-order valence-electron chi connectivity index (χ0n) is 5.70. The first-order valence-electron chi connectivity index (χ1n) is 3.00. The third kappa shape index (κ3) is 1.59. The van der Waals surface area contributed by atoms with E-state index in [1.54, 1.807) is 0 Å². The second-order valence-corrected chi connectivity index (χ2v) is 2.50. The van der Waals surface area contributed by atoms with Gasteiger partial charge in [0.1, 0.15) is 0 Å². The Morgan fingerprint density at radius 2 is 2.00 bits per heavy atom. The second kappa shape index (κ2) is 3.30. The van der Waals surface area contributed by atoms with E-state index in [1.807, 2.05) is 24.3 Å². The summed E-state index contributed by atoms with van der Waals surface area (Å²) in [5.41, 5.74) is 2.00. The van der Waals surface area contributed by atoms with Crippen molar-refractivity contribution in [3.8, 4) is 0 Å². The molecule has 0 spiro atoms. The molecule has 58 valence electrons. The molecule has 0 bridgehead atoms. The molecular formula is C7H8N2SSe. The van der Waals surface area contributed by atoms with Gasteiger partial charge in [-0.15, -0.1) is 12.6 Å². The number of aromatic amines is 1. The number of hydrogen-bond donors (Lipinski definition) is 2. The van der Waals surface area contributed by atoms with Crippen LogP contribution in [-0.4, -0.2) is 27.0 Å². The van der Waals surface area contributed by atoms with Crippen molar-refractivity contribution < 1.29 is 0 Å². The number of imidazole rings is 1. The van der Waals surface area contributed by atoms with E-state index >= 15 is 0 Å². The van der Waals surface area contributed by atoms with Gasteiger partial charge in [0, 0.05) is 0 Å². The molecule has 1 aromatic carbocycles. The average Bonchev–Trinajstić information content (AvgIpc) is 2.27. The van der Waals surface area contributed by atoms with Gasteiger partial charge < -0.3 is 4.98 Å². The Balaban J connectivity index is 0.000000605. The third-order valence-corrected chi connectivity index (χ3v) is 1.59. The Morgan fingerprint density at radius 3 is 2.73 bits per heavy atom. The molecule has 0 fully saturated rings. The number of rotatable bonds is 0. The number of nitrogens with one attached hydrogen (secondary N) is 1. The minimum absolute atomic E-state index is 0. The molecule has 4 heteroatoms. The first-order valence-corrected chi connectivity index (χ1v) is 3.45. The quantitative estimate of drug-likeness (QED) is 0.512. The van der Waals surface area contributed by atoms with E-state index in [9.17, 15) is 0 Å². The Kier molecular flexibility index (Phi) is 2.60. The first-order chi connectivity index (χ1) is 4.86. The Labute approximate surface area is 80.3 Å². The molecule has 0 aliphatic rings. The summed E-state index contributed by atoms with van der Waals surface area (Å²) in [4.78, 5) is 7.13. The fourth-order valence-electron chi connectivity index (χ4n) is 0.939. The fraction of sp³-hybridized carbons (Fsp3) is 0. The van der Waals surface area contributed by atoms with E-state index in [-0.39, 0.29) is 17.1 Å². The van der Waals surface area contributed by atoms with Crippen molar-refractivity contribution >= 4 is 40.7 Å². The van der Waals surface area contributed by atoms with E-state index in [2.05, 4.69) is 22.6 Å². The molecule has 1 heterocycles. The van der Waals surface area contributed by atoms with Gasteiger partial charge in [0.25, 0.3) is 0 Å². The number of nitrogens with zero attached hydrogens (tertiary/aromatic N) is 1. The van der Waals surface area contributed by atoms with E-state index in [0.717, 1.165) is 11.0 Å². The normalized spacial score (nSPS) is 9.55. The van der Waals surface area contributed by atoms with Crippen LogP contribution in [0.4, 0.5) is 0 Å². The molecule has 11 heavy (non-hydrogen) atoms. The van der Waals surface area contributed by atoms with Gasteiger partial charge in [0.2, 0.25) is 0 Å². The summed E-state index contributed by atoms with van der Waals surface area (Å²) in [5.74, 6) is 0. The van der Waals surface area contributed by atoms with Crippen LogP contribution < -0.4 is 0 Å². The van der Waals surface area contributed by atoms with Crippen molar-refractivity contribution in [1.29, 1.82) is 0 Å². The number of benzene rings is 1. The fourth-order valence-corrected chi connectivity index (χ4v) is 1.17. The molecule has 2 rings (SSSR count). The van der Waals surface area contributed by atoms with Gasteiger partial charge >= 0.3 is 17.1 Å². The van der Waals surface area contributed by atoms with Gasteiger partial charge in [0.05, 0.1) is 11.0 Å². The predicted octanol–water partition coefficient (Wildman–Crippen LogP) is 0.935. The van der Waals surface area contributed by atoms with Crippen molar-refractivity contribution in [2.24, 2.45) is 0 Å². The van der Waals surface area contributed by atoms with Gasteiger partial charge in [-0.1, -0.05) is 12.1 Å². The van der Waals surface area contributed by atoms with Gasteiger partial charge in [-0.05, 0) is 12.1 Å². The summed E-state index contributed by atoms with van der Waals surface area (Å²) in [6.45, 7) is 0. The van der Waals surface area contributed by atoms with Crippen LogP contribution in [0.15, 0.2) is 29.4 Å². The number of para-hydroxylation sites is 2. The summed E-state index contributed by atoms with van der Waals surface area (Å²) >= 11 is 4.08.